The fourth-order valence-electron chi connectivity index (χ4n) is 3.94. The predicted molar refractivity (Wildman–Crippen MR) is 98.9 cm³/mol. The molecule has 1 aliphatic carbocycles. The fraction of sp³-hybridized carbons (Fsp3) is 0.625. The van der Waals surface area contributed by atoms with Crippen molar-refractivity contribution in [3.05, 3.63) is 21.3 Å². The quantitative estimate of drug-likeness (QED) is 0.418. The second-order valence-electron chi connectivity index (χ2n) is 7.77. The van der Waals surface area contributed by atoms with Crippen molar-refractivity contribution < 1.29 is 25.8 Å². The van der Waals surface area contributed by atoms with Gasteiger partial charge in [-0.3, -0.25) is 4.18 Å². The lowest BCUT2D eigenvalue weighted by atomic mass is 9.68. The maximum absolute atomic E-state index is 12.7. The molecule has 1 aromatic heterocycles. The summed E-state index contributed by atoms with van der Waals surface area (Å²) in [5, 5.41) is 0.377. The molecule has 3 rings (SSSR count). The molecule has 0 N–H and O–H groups in total. The van der Waals surface area contributed by atoms with Crippen molar-refractivity contribution in [1.82, 2.24) is 4.98 Å². The molecule has 0 saturated heterocycles. The van der Waals surface area contributed by atoms with Gasteiger partial charge in [-0.25, -0.2) is 9.98 Å². The Morgan fingerprint density at radius 1 is 1.33 bits per heavy atom. The van der Waals surface area contributed by atoms with Gasteiger partial charge in [0.2, 0.25) is 0 Å². The molecule has 150 valence electrons. The highest BCUT2D eigenvalue weighted by Crippen LogP contribution is 2.57. The average molecular weight is 490 g/mol. The zero-order valence-corrected chi connectivity index (χ0v) is 17.9. The van der Waals surface area contributed by atoms with Crippen LogP contribution in [0.1, 0.15) is 45.6 Å². The number of halogens is 5. The van der Waals surface area contributed by atoms with E-state index in [1.807, 2.05) is 20.8 Å². The van der Waals surface area contributed by atoms with Gasteiger partial charge in [0.05, 0.1) is 15.6 Å². The monoisotopic (exact) mass is 488 g/mol. The van der Waals surface area contributed by atoms with E-state index in [9.17, 15) is 21.6 Å². The Kier molecular flexibility index (Phi) is 4.98. The second-order valence-corrected chi connectivity index (χ2v) is 10.6. The summed E-state index contributed by atoms with van der Waals surface area (Å²) >= 11 is 9.80. The highest BCUT2D eigenvalue weighted by molar-refractivity contribution is 9.10. The number of nitrogens with zero attached hydrogens (tertiary/aromatic N) is 2. The first kappa shape index (κ1) is 21.0. The lowest BCUT2D eigenvalue weighted by molar-refractivity contribution is -0.0572. The third-order valence-corrected chi connectivity index (χ3v) is 7.14. The van der Waals surface area contributed by atoms with E-state index in [0.29, 0.717) is 33.0 Å². The fourth-order valence-corrected chi connectivity index (χ4v) is 5.19. The van der Waals surface area contributed by atoms with E-state index < -0.39 is 32.6 Å². The van der Waals surface area contributed by atoms with Crippen molar-refractivity contribution in [2.75, 3.05) is 0 Å². The first-order chi connectivity index (χ1) is 12.2. The second kappa shape index (κ2) is 6.40. The summed E-state index contributed by atoms with van der Waals surface area (Å²) in [4.78, 5) is 8.90. The van der Waals surface area contributed by atoms with Gasteiger partial charge in [-0.1, -0.05) is 32.4 Å². The van der Waals surface area contributed by atoms with Crippen molar-refractivity contribution in [3.8, 4) is 0 Å². The molecule has 2 unspecified atom stereocenters. The Morgan fingerprint density at radius 2 is 1.96 bits per heavy atom. The normalized spacial score (nSPS) is 25.8. The molecule has 2 atom stereocenters. The molecule has 0 bridgehead atoms. The molecule has 1 aromatic rings. The molecule has 1 aliphatic heterocycles. The first-order valence-electron chi connectivity index (χ1n) is 8.13. The number of pyridine rings is 1. The van der Waals surface area contributed by atoms with E-state index in [0.717, 1.165) is 0 Å². The van der Waals surface area contributed by atoms with Crippen molar-refractivity contribution >= 4 is 49.2 Å². The first-order valence-corrected chi connectivity index (χ1v) is 10.7. The van der Waals surface area contributed by atoms with Crippen LogP contribution >= 0.6 is 27.5 Å². The number of hydrogen-bond acceptors (Lipinski definition) is 5. The summed E-state index contributed by atoms with van der Waals surface area (Å²) < 4.78 is 66.0. The van der Waals surface area contributed by atoms with Gasteiger partial charge in [0.25, 0.3) is 0 Å². The standard InChI is InChI=1S/C16H17BrClF3N2O3S/c1-14(2,3)13-15(10-11(18)9(17)7-22-12(10)23-13)5-4-8(6-15)26-27(24,25)16(19,20)21/h7-8H,4-6H2,1-3H3. The van der Waals surface area contributed by atoms with Crippen LogP contribution in [0.3, 0.4) is 0 Å². The zero-order chi connectivity index (χ0) is 20.4. The molecule has 11 heteroatoms. The van der Waals surface area contributed by atoms with Crippen LogP contribution in [0.2, 0.25) is 5.02 Å². The van der Waals surface area contributed by atoms with E-state index in [2.05, 4.69) is 30.1 Å². The minimum atomic E-state index is -5.67. The van der Waals surface area contributed by atoms with E-state index in [-0.39, 0.29) is 12.8 Å². The average Bonchev–Trinajstić information content (AvgIpc) is 3.04. The van der Waals surface area contributed by atoms with E-state index in [1.54, 1.807) is 0 Å². The number of hydrogen-bond donors (Lipinski definition) is 0. The third kappa shape index (κ3) is 3.42. The molecule has 1 spiro atoms. The number of rotatable bonds is 2. The third-order valence-electron chi connectivity index (χ3n) is 4.83. The highest BCUT2D eigenvalue weighted by Gasteiger charge is 2.56. The van der Waals surface area contributed by atoms with Gasteiger partial charge in [0.15, 0.2) is 5.82 Å². The van der Waals surface area contributed by atoms with Gasteiger partial charge in [0, 0.05) is 28.3 Å². The summed E-state index contributed by atoms with van der Waals surface area (Å²) in [7, 11) is -5.67. The summed E-state index contributed by atoms with van der Waals surface area (Å²) in [6.07, 6.45) is 0.924. The summed E-state index contributed by atoms with van der Waals surface area (Å²) in [6.45, 7) is 5.80. The Balaban J connectivity index is 2.05. The van der Waals surface area contributed by atoms with Crippen LogP contribution in [-0.2, 0) is 19.7 Å². The van der Waals surface area contributed by atoms with Crippen LogP contribution < -0.4 is 0 Å². The topological polar surface area (TPSA) is 68.6 Å². The molecular formula is C16H17BrClF3N2O3S. The van der Waals surface area contributed by atoms with Crippen LogP contribution in [-0.4, -0.2) is 30.7 Å². The summed E-state index contributed by atoms with van der Waals surface area (Å²) in [5.41, 5.74) is -5.37. The van der Waals surface area contributed by atoms with Crippen molar-refractivity contribution in [2.24, 2.45) is 10.4 Å². The molecule has 2 aliphatic rings. The molecule has 1 saturated carbocycles. The Morgan fingerprint density at radius 3 is 2.52 bits per heavy atom. The van der Waals surface area contributed by atoms with Crippen molar-refractivity contribution in [2.45, 2.75) is 57.1 Å². The van der Waals surface area contributed by atoms with Crippen LogP contribution in [0.4, 0.5) is 19.0 Å². The predicted octanol–water partition coefficient (Wildman–Crippen LogP) is 5.29. The lowest BCUT2D eigenvalue weighted by Gasteiger charge is -2.34. The smallest absolute Gasteiger partial charge is 0.260 e. The van der Waals surface area contributed by atoms with Crippen molar-refractivity contribution in [1.29, 1.82) is 0 Å². The summed E-state index contributed by atoms with van der Waals surface area (Å²) in [5.74, 6) is 0.410. The van der Waals surface area contributed by atoms with Gasteiger partial charge in [-0.15, -0.1) is 0 Å². The van der Waals surface area contributed by atoms with Crippen LogP contribution in [0.15, 0.2) is 15.7 Å². The van der Waals surface area contributed by atoms with Gasteiger partial charge in [-0.2, -0.15) is 21.6 Å². The van der Waals surface area contributed by atoms with Crippen molar-refractivity contribution in [3.63, 3.8) is 0 Å². The summed E-state index contributed by atoms with van der Waals surface area (Å²) in [6, 6.07) is 0. The minimum Gasteiger partial charge on any atom is -0.260 e. The van der Waals surface area contributed by atoms with Gasteiger partial charge in [-0.05, 0) is 35.2 Å². The number of aromatic nitrogens is 1. The maximum atomic E-state index is 12.7. The molecule has 0 radical (unpaired) electrons. The number of fused-ring (bicyclic) bond motifs is 2. The van der Waals surface area contributed by atoms with E-state index in [4.69, 9.17) is 11.6 Å². The Bertz CT molecular complexity index is 928. The Hall–Kier alpha value is -0.710. The molecule has 0 aromatic carbocycles. The highest BCUT2D eigenvalue weighted by atomic mass is 79.9. The van der Waals surface area contributed by atoms with Gasteiger partial charge < -0.3 is 0 Å². The molecule has 1 fully saturated rings. The molecule has 5 nitrogen and oxygen atoms in total. The number of alkyl halides is 3. The largest absolute Gasteiger partial charge is 0.523 e. The molecule has 0 amide bonds. The van der Waals surface area contributed by atoms with Gasteiger partial charge in [0.1, 0.15) is 0 Å². The van der Waals surface area contributed by atoms with Crippen LogP contribution in [0, 0.1) is 5.41 Å². The van der Waals surface area contributed by atoms with E-state index >= 15 is 0 Å². The van der Waals surface area contributed by atoms with E-state index in [1.165, 1.54) is 6.20 Å². The lowest BCUT2D eigenvalue weighted by Crippen LogP contribution is -2.40. The van der Waals surface area contributed by atoms with Crippen LogP contribution in [0.25, 0.3) is 0 Å². The Labute approximate surface area is 168 Å². The van der Waals surface area contributed by atoms with Gasteiger partial charge >= 0.3 is 15.6 Å². The zero-order valence-electron chi connectivity index (χ0n) is 14.7. The SMILES string of the molecule is CC(C)(C)C1=Nc2ncc(Br)c(Cl)c2C12CCC(OS(=O)(=O)C(F)(F)F)C2. The molecule has 27 heavy (non-hydrogen) atoms. The minimum absolute atomic E-state index is 0.0310. The molecular weight excluding hydrogens is 473 g/mol. The maximum Gasteiger partial charge on any atom is 0.523 e. The number of aliphatic imine (C=N–C) groups is 1. The van der Waals surface area contributed by atoms with Crippen LogP contribution in [0.5, 0.6) is 0 Å². The molecule has 2 heterocycles.